The fourth-order valence-electron chi connectivity index (χ4n) is 1.55. The molecule has 3 nitrogen and oxygen atoms in total. The molecular formula is C15H13NO2S. The van der Waals surface area contributed by atoms with E-state index < -0.39 is 0 Å². The molecule has 1 heterocycles. The SMILES string of the molecule is CC(=O)Nc1ccc(C=CC(=O)c2cccs2)cc1. The fourth-order valence-corrected chi connectivity index (χ4v) is 2.20. The quantitative estimate of drug-likeness (QED) is 0.682. The minimum Gasteiger partial charge on any atom is -0.326 e. The molecule has 0 aliphatic carbocycles. The van der Waals surface area contributed by atoms with Crippen molar-refractivity contribution < 1.29 is 9.59 Å². The average molecular weight is 271 g/mol. The Balaban J connectivity index is 2.03. The zero-order valence-corrected chi connectivity index (χ0v) is 11.2. The smallest absolute Gasteiger partial charge is 0.221 e. The summed E-state index contributed by atoms with van der Waals surface area (Å²) in [5.74, 6) is -0.0999. The number of carbonyl (C=O) groups is 2. The van der Waals surface area contributed by atoms with E-state index >= 15 is 0 Å². The molecule has 1 aromatic carbocycles. The Hall–Kier alpha value is -2.20. The number of carbonyl (C=O) groups excluding carboxylic acids is 2. The van der Waals surface area contributed by atoms with Gasteiger partial charge in [0.1, 0.15) is 0 Å². The first-order valence-corrected chi connectivity index (χ1v) is 6.67. The van der Waals surface area contributed by atoms with Gasteiger partial charge in [0.2, 0.25) is 5.91 Å². The lowest BCUT2D eigenvalue weighted by molar-refractivity contribution is -0.114. The molecule has 0 fully saturated rings. The second-order valence-electron chi connectivity index (χ2n) is 3.98. The van der Waals surface area contributed by atoms with Crippen LogP contribution in [0.1, 0.15) is 22.2 Å². The highest BCUT2D eigenvalue weighted by Gasteiger charge is 2.01. The molecule has 0 unspecified atom stereocenters. The summed E-state index contributed by atoms with van der Waals surface area (Å²) in [6.45, 7) is 1.47. The first-order valence-electron chi connectivity index (χ1n) is 5.79. The van der Waals surface area contributed by atoms with Gasteiger partial charge in [0.25, 0.3) is 0 Å². The number of rotatable bonds is 4. The molecule has 2 rings (SSSR count). The minimum atomic E-state index is -0.101. The highest BCUT2D eigenvalue weighted by molar-refractivity contribution is 7.12. The van der Waals surface area contributed by atoms with E-state index in [4.69, 9.17) is 0 Å². The van der Waals surface area contributed by atoms with Crippen LogP contribution in [0.3, 0.4) is 0 Å². The van der Waals surface area contributed by atoms with Gasteiger partial charge in [-0.1, -0.05) is 24.3 Å². The van der Waals surface area contributed by atoms with Crippen LogP contribution < -0.4 is 5.32 Å². The van der Waals surface area contributed by atoms with Gasteiger partial charge >= 0.3 is 0 Å². The summed E-state index contributed by atoms with van der Waals surface area (Å²) in [6.07, 6.45) is 3.32. The highest BCUT2D eigenvalue weighted by Crippen LogP contribution is 2.13. The molecule has 0 saturated carbocycles. The van der Waals surface area contributed by atoms with Gasteiger partial charge in [0.05, 0.1) is 4.88 Å². The summed E-state index contributed by atoms with van der Waals surface area (Å²) in [5, 5.41) is 4.57. The Morgan fingerprint density at radius 1 is 1.16 bits per heavy atom. The number of thiophene rings is 1. The van der Waals surface area contributed by atoms with Crippen LogP contribution in [0.5, 0.6) is 0 Å². The lowest BCUT2D eigenvalue weighted by Crippen LogP contribution is -2.05. The molecule has 1 N–H and O–H groups in total. The van der Waals surface area contributed by atoms with Crippen molar-refractivity contribution in [3.8, 4) is 0 Å². The number of nitrogens with one attached hydrogen (secondary N) is 1. The third kappa shape index (κ3) is 3.89. The van der Waals surface area contributed by atoms with E-state index in [0.717, 1.165) is 16.1 Å². The molecule has 1 aromatic heterocycles. The molecule has 4 heteroatoms. The summed E-state index contributed by atoms with van der Waals surface area (Å²) in [6, 6.07) is 11.0. The zero-order chi connectivity index (χ0) is 13.7. The molecule has 0 spiro atoms. The maximum atomic E-state index is 11.8. The maximum absolute atomic E-state index is 11.8. The average Bonchev–Trinajstić information content (AvgIpc) is 2.91. The monoisotopic (exact) mass is 271 g/mol. The number of anilines is 1. The maximum Gasteiger partial charge on any atom is 0.221 e. The van der Waals surface area contributed by atoms with Gasteiger partial charge in [-0.25, -0.2) is 0 Å². The van der Waals surface area contributed by atoms with Crippen LogP contribution in [-0.2, 0) is 4.79 Å². The van der Waals surface area contributed by atoms with Gasteiger partial charge in [0, 0.05) is 12.6 Å². The molecule has 0 aliphatic heterocycles. The molecule has 0 radical (unpaired) electrons. The fraction of sp³-hybridized carbons (Fsp3) is 0.0667. The van der Waals surface area contributed by atoms with Gasteiger partial charge in [-0.3, -0.25) is 9.59 Å². The second kappa shape index (κ2) is 6.11. The van der Waals surface area contributed by atoms with Crippen molar-refractivity contribution in [2.75, 3.05) is 5.32 Å². The van der Waals surface area contributed by atoms with Crippen molar-refractivity contribution in [2.24, 2.45) is 0 Å². The highest BCUT2D eigenvalue weighted by atomic mass is 32.1. The number of benzene rings is 1. The molecule has 0 bridgehead atoms. The summed E-state index contributed by atoms with van der Waals surface area (Å²) in [4.78, 5) is 23.4. The summed E-state index contributed by atoms with van der Waals surface area (Å²) >= 11 is 1.43. The van der Waals surface area contributed by atoms with E-state index in [1.807, 2.05) is 23.6 Å². The van der Waals surface area contributed by atoms with Gasteiger partial charge in [-0.15, -0.1) is 11.3 Å². The van der Waals surface area contributed by atoms with Crippen LogP contribution in [0, 0.1) is 0 Å². The van der Waals surface area contributed by atoms with Crippen molar-refractivity contribution in [3.63, 3.8) is 0 Å². The molecule has 19 heavy (non-hydrogen) atoms. The zero-order valence-electron chi connectivity index (χ0n) is 10.4. The summed E-state index contributed by atoms with van der Waals surface area (Å²) in [5.41, 5.74) is 1.66. The largest absolute Gasteiger partial charge is 0.326 e. The van der Waals surface area contributed by atoms with E-state index in [9.17, 15) is 9.59 Å². The number of ketones is 1. The summed E-state index contributed by atoms with van der Waals surface area (Å²) in [7, 11) is 0. The summed E-state index contributed by atoms with van der Waals surface area (Å²) < 4.78 is 0. The van der Waals surface area contributed by atoms with E-state index in [-0.39, 0.29) is 11.7 Å². The third-order valence-electron chi connectivity index (χ3n) is 2.42. The van der Waals surface area contributed by atoms with Crippen LogP contribution in [-0.4, -0.2) is 11.7 Å². The molecule has 96 valence electrons. The van der Waals surface area contributed by atoms with Gasteiger partial charge in [0.15, 0.2) is 5.78 Å². The van der Waals surface area contributed by atoms with Crippen molar-refractivity contribution >= 4 is 34.8 Å². The topological polar surface area (TPSA) is 46.2 Å². The van der Waals surface area contributed by atoms with Crippen LogP contribution in [0.2, 0.25) is 0 Å². The Bertz CT molecular complexity index is 598. The van der Waals surface area contributed by atoms with Crippen LogP contribution in [0.25, 0.3) is 6.08 Å². The number of amides is 1. The van der Waals surface area contributed by atoms with Crippen molar-refractivity contribution in [3.05, 3.63) is 58.3 Å². The molecular weight excluding hydrogens is 258 g/mol. The van der Waals surface area contributed by atoms with Crippen molar-refractivity contribution in [2.45, 2.75) is 6.92 Å². The Labute approximate surface area is 115 Å². The van der Waals surface area contributed by atoms with Crippen LogP contribution in [0.4, 0.5) is 5.69 Å². The predicted molar refractivity (Wildman–Crippen MR) is 78.4 cm³/mol. The molecule has 1 amide bonds. The first-order chi connectivity index (χ1) is 9.15. The van der Waals surface area contributed by atoms with Crippen molar-refractivity contribution in [1.29, 1.82) is 0 Å². The molecule has 0 saturated heterocycles. The predicted octanol–water partition coefficient (Wildman–Crippen LogP) is 3.60. The lowest BCUT2D eigenvalue weighted by Gasteiger charge is -2.01. The third-order valence-corrected chi connectivity index (χ3v) is 3.31. The van der Waals surface area contributed by atoms with Gasteiger partial charge < -0.3 is 5.32 Å². The lowest BCUT2D eigenvalue weighted by atomic mass is 10.1. The van der Waals surface area contributed by atoms with E-state index in [0.29, 0.717) is 0 Å². The standard InChI is InChI=1S/C15H13NO2S/c1-11(17)16-13-7-4-12(5-8-13)6-9-14(18)15-3-2-10-19-15/h2-10H,1H3,(H,16,17). The van der Waals surface area contributed by atoms with E-state index in [1.54, 1.807) is 30.4 Å². The second-order valence-corrected chi connectivity index (χ2v) is 4.93. The number of hydrogen-bond donors (Lipinski definition) is 1. The molecule has 0 aliphatic rings. The Morgan fingerprint density at radius 2 is 1.89 bits per heavy atom. The minimum absolute atomic E-state index is 0.000868. The Kier molecular flexibility index (Phi) is 4.26. The molecule has 0 atom stereocenters. The van der Waals surface area contributed by atoms with Crippen LogP contribution >= 0.6 is 11.3 Å². The Morgan fingerprint density at radius 3 is 2.47 bits per heavy atom. The molecule has 2 aromatic rings. The number of hydrogen-bond acceptors (Lipinski definition) is 3. The van der Waals surface area contributed by atoms with Crippen molar-refractivity contribution in [1.82, 2.24) is 0 Å². The van der Waals surface area contributed by atoms with Crippen LogP contribution in [0.15, 0.2) is 47.9 Å². The normalized spacial score (nSPS) is 10.6. The van der Waals surface area contributed by atoms with Gasteiger partial charge in [-0.05, 0) is 35.2 Å². The number of allylic oxidation sites excluding steroid dienone is 1. The van der Waals surface area contributed by atoms with E-state index in [1.165, 1.54) is 18.3 Å². The van der Waals surface area contributed by atoms with Gasteiger partial charge in [-0.2, -0.15) is 0 Å². The first kappa shape index (κ1) is 13.2. The van der Waals surface area contributed by atoms with E-state index in [2.05, 4.69) is 5.32 Å².